The van der Waals surface area contributed by atoms with Crippen molar-refractivity contribution in [2.24, 2.45) is 5.92 Å². The number of aliphatic carboxylic acids is 1. The molecule has 7 N–H and O–H groups in total. The smallest absolute Gasteiger partial charge is 0.326 e. The monoisotopic (exact) mass is 485 g/mol. The van der Waals surface area contributed by atoms with Crippen molar-refractivity contribution < 1.29 is 19.5 Å². The highest BCUT2D eigenvalue weighted by atomic mass is 16.4. The number of H-pyrrole nitrogens is 1. The summed E-state index contributed by atoms with van der Waals surface area (Å²) in [6, 6.07) is 5.41. The Bertz CT molecular complexity index is 1150. The van der Waals surface area contributed by atoms with E-state index in [2.05, 4.69) is 25.9 Å². The molecule has 0 saturated carbocycles. The zero-order valence-corrected chi connectivity index (χ0v) is 19.9. The predicted molar refractivity (Wildman–Crippen MR) is 133 cm³/mol. The lowest BCUT2D eigenvalue weighted by Gasteiger charge is -2.35. The Labute approximate surface area is 202 Å². The van der Waals surface area contributed by atoms with E-state index in [9.17, 15) is 24.3 Å². The van der Waals surface area contributed by atoms with Crippen LogP contribution in [0.1, 0.15) is 37.0 Å². The number of carbonyl (C=O) groups excluding carboxylic acids is 2. The summed E-state index contributed by atoms with van der Waals surface area (Å²) in [5, 5.41) is 18.3. The summed E-state index contributed by atoms with van der Waals surface area (Å²) in [4.78, 5) is 56.6. The number of rotatable bonds is 10. The van der Waals surface area contributed by atoms with Crippen LogP contribution in [-0.4, -0.2) is 65.0 Å². The van der Waals surface area contributed by atoms with E-state index in [1.165, 1.54) is 0 Å². The molecule has 0 saturated heterocycles. The van der Waals surface area contributed by atoms with E-state index in [0.717, 1.165) is 5.69 Å². The number of amides is 1. The van der Waals surface area contributed by atoms with Crippen molar-refractivity contribution >= 4 is 40.8 Å². The molecule has 1 aliphatic heterocycles. The van der Waals surface area contributed by atoms with Crippen LogP contribution in [0.25, 0.3) is 0 Å². The van der Waals surface area contributed by atoms with Gasteiger partial charge >= 0.3 is 5.97 Å². The number of nitrogens with one attached hydrogen (secondary N) is 4. The third kappa shape index (κ3) is 6.28. The lowest BCUT2D eigenvalue weighted by Crippen LogP contribution is -2.48. The molecule has 1 aliphatic rings. The van der Waals surface area contributed by atoms with Crippen molar-refractivity contribution in [3.05, 3.63) is 40.2 Å². The number of aromatic nitrogens is 2. The summed E-state index contributed by atoms with van der Waals surface area (Å²) < 4.78 is 0. The fourth-order valence-electron chi connectivity index (χ4n) is 3.73. The van der Waals surface area contributed by atoms with Crippen molar-refractivity contribution in [3.63, 3.8) is 0 Å². The minimum atomic E-state index is -1.18. The molecule has 3 rings (SSSR count). The Kier molecular flexibility index (Phi) is 7.94. The van der Waals surface area contributed by atoms with Crippen LogP contribution in [-0.2, 0) is 9.59 Å². The Morgan fingerprint density at radius 1 is 1.26 bits per heavy atom. The lowest BCUT2D eigenvalue weighted by atomic mass is 10.0. The molecule has 35 heavy (non-hydrogen) atoms. The minimum absolute atomic E-state index is 0.0365. The summed E-state index contributed by atoms with van der Waals surface area (Å²) in [7, 11) is 1.81. The normalized spacial score (nSPS) is 15.7. The van der Waals surface area contributed by atoms with E-state index in [1.807, 2.05) is 4.90 Å². The third-order valence-corrected chi connectivity index (χ3v) is 5.93. The van der Waals surface area contributed by atoms with Gasteiger partial charge in [-0.15, -0.1) is 0 Å². The Morgan fingerprint density at radius 3 is 2.57 bits per heavy atom. The molecule has 12 heteroatoms. The number of benzene rings is 1. The van der Waals surface area contributed by atoms with Gasteiger partial charge in [0.15, 0.2) is 5.82 Å². The van der Waals surface area contributed by atoms with Gasteiger partial charge in [0.25, 0.3) is 11.5 Å². The summed E-state index contributed by atoms with van der Waals surface area (Å²) in [6.45, 7) is 4.55. The van der Waals surface area contributed by atoms with E-state index in [-0.39, 0.29) is 42.1 Å². The van der Waals surface area contributed by atoms with Gasteiger partial charge in [0, 0.05) is 43.7 Å². The number of nitrogens with two attached hydrogens (primary N) is 1. The molecule has 12 nitrogen and oxygen atoms in total. The molecule has 2 heterocycles. The van der Waals surface area contributed by atoms with Crippen molar-refractivity contribution in [2.45, 2.75) is 38.8 Å². The molecule has 188 valence electrons. The molecular formula is C23H31N7O5. The molecule has 0 spiro atoms. The first-order valence-corrected chi connectivity index (χ1v) is 11.3. The zero-order valence-electron chi connectivity index (χ0n) is 19.9. The fourth-order valence-corrected chi connectivity index (χ4v) is 3.73. The maximum atomic E-state index is 12.5. The van der Waals surface area contributed by atoms with Crippen molar-refractivity contribution in [1.82, 2.24) is 15.3 Å². The number of hydrogen-bond acceptors (Lipinski definition) is 9. The number of nitrogen functional groups attached to an aromatic ring is 1. The van der Waals surface area contributed by atoms with Crippen LogP contribution in [0.15, 0.2) is 29.1 Å². The summed E-state index contributed by atoms with van der Waals surface area (Å²) in [6.07, 6.45) is 0.122. The number of ketones is 1. The van der Waals surface area contributed by atoms with Crippen molar-refractivity contribution in [2.75, 3.05) is 41.4 Å². The average molecular weight is 486 g/mol. The number of hydrogen-bond donors (Lipinski definition) is 6. The van der Waals surface area contributed by atoms with E-state index in [0.29, 0.717) is 30.2 Å². The van der Waals surface area contributed by atoms with Crippen LogP contribution in [0.3, 0.4) is 0 Å². The standard InChI is InChI=1S/C23H31N7O5/c1-12(2)17(31)9-8-16(22(34)35)27-20(32)13-4-6-14(7-5-13)25-10-15-11-26-19-18(30(15)3)21(33)29-23(24)28-19/h4-7,12,15-16,25H,8-11H2,1-3H3,(H,27,32)(H,34,35)(H4,24,26,28,29,33)/t15?,16-/m0/s1. The van der Waals surface area contributed by atoms with Crippen LogP contribution in [0.5, 0.6) is 0 Å². The lowest BCUT2D eigenvalue weighted by molar-refractivity contribution is -0.139. The maximum Gasteiger partial charge on any atom is 0.326 e. The molecule has 0 bridgehead atoms. The fraction of sp³-hybridized carbons (Fsp3) is 0.435. The largest absolute Gasteiger partial charge is 0.480 e. The highest BCUT2D eigenvalue weighted by molar-refractivity contribution is 5.97. The molecule has 0 fully saturated rings. The number of aromatic amines is 1. The number of likely N-dealkylation sites (N-methyl/N-ethyl adjacent to an activating group) is 1. The topological polar surface area (TPSA) is 183 Å². The zero-order chi connectivity index (χ0) is 25.7. The first-order chi connectivity index (χ1) is 16.6. The van der Waals surface area contributed by atoms with Gasteiger partial charge in [-0.05, 0) is 30.7 Å². The highest BCUT2D eigenvalue weighted by Crippen LogP contribution is 2.25. The third-order valence-electron chi connectivity index (χ3n) is 5.93. The number of nitrogens with zero attached hydrogens (tertiary/aromatic N) is 2. The molecule has 1 aromatic carbocycles. The number of fused-ring (bicyclic) bond motifs is 1. The van der Waals surface area contributed by atoms with E-state index in [1.54, 1.807) is 45.2 Å². The van der Waals surface area contributed by atoms with Crippen LogP contribution >= 0.6 is 0 Å². The first kappa shape index (κ1) is 25.5. The van der Waals surface area contributed by atoms with Gasteiger partial charge in [0.1, 0.15) is 17.5 Å². The van der Waals surface area contributed by atoms with Crippen LogP contribution in [0.2, 0.25) is 0 Å². The Morgan fingerprint density at radius 2 is 1.94 bits per heavy atom. The van der Waals surface area contributed by atoms with Crippen molar-refractivity contribution in [1.29, 1.82) is 0 Å². The van der Waals surface area contributed by atoms with Gasteiger partial charge in [-0.2, -0.15) is 4.98 Å². The molecule has 2 atom stereocenters. The van der Waals surface area contributed by atoms with Gasteiger partial charge < -0.3 is 31.7 Å². The van der Waals surface area contributed by atoms with Gasteiger partial charge in [0.2, 0.25) is 5.95 Å². The molecular weight excluding hydrogens is 454 g/mol. The predicted octanol–water partition coefficient (Wildman–Crippen LogP) is 0.883. The molecule has 0 aliphatic carbocycles. The van der Waals surface area contributed by atoms with Crippen LogP contribution in [0.4, 0.5) is 23.1 Å². The number of carbonyl (C=O) groups is 3. The van der Waals surface area contributed by atoms with E-state index in [4.69, 9.17) is 5.73 Å². The molecule has 1 amide bonds. The molecule has 1 unspecified atom stereocenters. The Hall–Kier alpha value is -4.09. The van der Waals surface area contributed by atoms with Crippen molar-refractivity contribution in [3.8, 4) is 0 Å². The highest BCUT2D eigenvalue weighted by Gasteiger charge is 2.27. The minimum Gasteiger partial charge on any atom is -0.480 e. The number of anilines is 4. The number of Topliss-reactive ketones (excluding diaryl/α,β-unsaturated/α-hetero) is 1. The second-order valence-corrected chi connectivity index (χ2v) is 8.78. The average Bonchev–Trinajstić information content (AvgIpc) is 2.80. The Balaban J connectivity index is 1.57. The first-order valence-electron chi connectivity index (χ1n) is 11.3. The molecule has 2 aromatic rings. The van der Waals surface area contributed by atoms with Gasteiger partial charge in [-0.3, -0.25) is 19.4 Å². The van der Waals surface area contributed by atoms with E-state index < -0.39 is 17.9 Å². The second kappa shape index (κ2) is 10.9. The number of carboxylic acids is 1. The van der Waals surface area contributed by atoms with Crippen LogP contribution in [0, 0.1) is 5.92 Å². The summed E-state index contributed by atoms with van der Waals surface area (Å²) >= 11 is 0. The summed E-state index contributed by atoms with van der Waals surface area (Å²) in [5.74, 6) is -1.46. The van der Waals surface area contributed by atoms with Gasteiger partial charge in [0.05, 0.1) is 6.04 Å². The maximum absolute atomic E-state index is 12.5. The summed E-state index contributed by atoms with van der Waals surface area (Å²) in [5.41, 5.74) is 6.74. The quantitative estimate of drug-likeness (QED) is 0.282. The SMILES string of the molecule is CC(C)C(=O)CC[C@H](NC(=O)c1ccc(NCC2CNc3nc(N)[nH]c(=O)c3N2C)cc1)C(=O)O. The molecule has 0 radical (unpaired) electrons. The number of carboxylic acid groups (broad SMARTS) is 1. The molecule has 1 aromatic heterocycles. The van der Waals surface area contributed by atoms with Gasteiger partial charge in [-0.1, -0.05) is 13.8 Å². The van der Waals surface area contributed by atoms with Crippen LogP contribution < -0.4 is 32.1 Å². The van der Waals surface area contributed by atoms with Gasteiger partial charge in [-0.25, -0.2) is 4.79 Å². The second-order valence-electron chi connectivity index (χ2n) is 8.78. The van der Waals surface area contributed by atoms with E-state index >= 15 is 0 Å².